The fourth-order valence-corrected chi connectivity index (χ4v) is 4.34. The highest BCUT2D eigenvalue weighted by Gasteiger charge is 2.26. The van der Waals surface area contributed by atoms with Gasteiger partial charge in [0.1, 0.15) is 21.2 Å². The first-order valence-corrected chi connectivity index (χ1v) is 11.1. The Balaban J connectivity index is 2.28. The number of halogens is 1. The van der Waals surface area contributed by atoms with Crippen molar-refractivity contribution in [3.63, 3.8) is 0 Å². The summed E-state index contributed by atoms with van der Waals surface area (Å²) in [4.78, 5) is 15.4. The topological polar surface area (TPSA) is 90.4 Å². The van der Waals surface area contributed by atoms with Gasteiger partial charge in [-0.3, -0.25) is 4.57 Å². The molecule has 1 aromatic heterocycles. The lowest BCUT2D eigenvalue weighted by molar-refractivity contribution is 0.310. The normalized spacial score (nSPS) is 12.9. The summed E-state index contributed by atoms with van der Waals surface area (Å²) in [6, 6.07) is 6.91. The number of benzene rings is 2. The van der Waals surface area contributed by atoms with E-state index in [1.54, 1.807) is 31.2 Å². The van der Waals surface area contributed by atoms with Crippen LogP contribution in [0.4, 0.5) is 4.39 Å². The van der Waals surface area contributed by atoms with Crippen LogP contribution in [-0.2, 0) is 9.84 Å². The van der Waals surface area contributed by atoms with Crippen molar-refractivity contribution in [3.8, 4) is 11.5 Å². The molecule has 156 valence electrons. The minimum absolute atomic E-state index is 0.0306. The van der Waals surface area contributed by atoms with Crippen LogP contribution in [0.25, 0.3) is 11.0 Å². The Hall–Kier alpha value is -2.81. The maximum atomic E-state index is 14.8. The lowest BCUT2D eigenvalue weighted by Crippen LogP contribution is -2.28. The molecule has 1 N–H and O–H groups in total. The van der Waals surface area contributed by atoms with Gasteiger partial charge in [0, 0.05) is 6.26 Å². The van der Waals surface area contributed by atoms with Crippen molar-refractivity contribution < 1.29 is 22.3 Å². The third kappa shape index (κ3) is 4.29. The molecule has 0 spiro atoms. The Labute approximate surface area is 168 Å². The van der Waals surface area contributed by atoms with Crippen molar-refractivity contribution in [3.05, 3.63) is 57.8 Å². The molecule has 0 aliphatic rings. The van der Waals surface area contributed by atoms with Crippen molar-refractivity contribution in [1.82, 2.24) is 9.55 Å². The molecule has 7 nitrogen and oxygen atoms in total. The fraction of sp³-hybridized carbons (Fsp3) is 0.350. The van der Waals surface area contributed by atoms with E-state index in [-0.39, 0.29) is 11.3 Å². The number of rotatable bonds is 7. The Morgan fingerprint density at radius 1 is 1.21 bits per heavy atom. The Morgan fingerprint density at radius 2 is 1.93 bits per heavy atom. The summed E-state index contributed by atoms with van der Waals surface area (Å²) < 4.78 is 51.1. The molecule has 0 aliphatic heterocycles. The number of ether oxygens (including phenoxy) is 2. The molecule has 0 aliphatic carbocycles. The number of imidazole rings is 1. The molecule has 0 amide bonds. The molecular formula is C20H23FN2O5S. The van der Waals surface area contributed by atoms with Crippen LogP contribution in [-0.4, -0.2) is 43.7 Å². The zero-order valence-corrected chi connectivity index (χ0v) is 17.5. The van der Waals surface area contributed by atoms with Crippen LogP contribution in [0.15, 0.2) is 35.1 Å². The Bertz CT molecular complexity index is 1210. The van der Waals surface area contributed by atoms with E-state index in [0.717, 1.165) is 10.8 Å². The second kappa shape index (κ2) is 7.90. The second-order valence-corrected chi connectivity index (χ2v) is 9.08. The molecular weight excluding hydrogens is 399 g/mol. The molecule has 1 atom stereocenters. The summed E-state index contributed by atoms with van der Waals surface area (Å²) in [7, 11) is -2.02. The van der Waals surface area contributed by atoms with Crippen LogP contribution in [0.1, 0.15) is 24.1 Å². The predicted octanol–water partition coefficient (Wildman–Crippen LogP) is 2.82. The number of aromatic amines is 1. The highest BCUT2D eigenvalue weighted by Crippen LogP contribution is 2.33. The number of fused-ring (bicyclic) bond motifs is 1. The summed E-state index contributed by atoms with van der Waals surface area (Å²) in [5.41, 5.74) is 0.883. The maximum absolute atomic E-state index is 14.8. The SMILES string of the molecule is CCOc1cc([C@@H](CS(C)(=O)=O)n2c(=O)[nH]c3cc(C)cc(F)c32)ccc1OC. The monoisotopic (exact) mass is 422 g/mol. The van der Waals surface area contributed by atoms with E-state index >= 15 is 0 Å². The highest BCUT2D eigenvalue weighted by atomic mass is 32.2. The molecule has 3 aromatic rings. The number of hydrogen-bond acceptors (Lipinski definition) is 5. The fourth-order valence-electron chi connectivity index (χ4n) is 3.42. The van der Waals surface area contributed by atoms with Crippen molar-refractivity contribution in [1.29, 1.82) is 0 Å². The number of aryl methyl sites for hydroxylation is 1. The van der Waals surface area contributed by atoms with Crippen molar-refractivity contribution in [2.45, 2.75) is 19.9 Å². The van der Waals surface area contributed by atoms with Gasteiger partial charge in [-0.25, -0.2) is 17.6 Å². The van der Waals surface area contributed by atoms with Gasteiger partial charge in [0.25, 0.3) is 0 Å². The lowest BCUT2D eigenvalue weighted by Gasteiger charge is -2.20. The molecule has 0 bridgehead atoms. The summed E-state index contributed by atoms with van der Waals surface area (Å²) >= 11 is 0. The van der Waals surface area contributed by atoms with Crippen LogP contribution in [0, 0.1) is 12.7 Å². The smallest absolute Gasteiger partial charge is 0.327 e. The van der Waals surface area contributed by atoms with E-state index in [1.165, 1.54) is 13.2 Å². The van der Waals surface area contributed by atoms with Crippen molar-refractivity contribution >= 4 is 20.9 Å². The molecule has 1 heterocycles. The van der Waals surface area contributed by atoms with E-state index in [9.17, 15) is 17.6 Å². The molecule has 0 saturated carbocycles. The van der Waals surface area contributed by atoms with Crippen molar-refractivity contribution in [2.24, 2.45) is 0 Å². The Kier molecular flexibility index (Phi) is 5.70. The number of nitrogens with one attached hydrogen (secondary N) is 1. The van der Waals surface area contributed by atoms with Gasteiger partial charge < -0.3 is 14.5 Å². The molecule has 0 saturated heterocycles. The first-order chi connectivity index (χ1) is 13.6. The molecule has 0 radical (unpaired) electrons. The molecule has 0 fully saturated rings. The number of nitrogens with zero attached hydrogens (tertiary/aromatic N) is 1. The standard InChI is InChI=1S/C20H23FN2O5S/c1-5-28-18-10-13(6-7-17(18)27-3)16(11-29(4,25)26)23-19-14(21)8-12(2)9-15(19)22-20(23)24/h6-10,16H,5,11H2,1-4H3,(H,22,24)/t16-/m1/s1. The zero-order valence-electron chi connectivity index (χ0n) is 16.7. The summed E-state index contributed by atoms with van der Waals surface area (Å²) in [5, 5.41) is 0. The van der Waals surface area contributed by atoms with E-state index in [4.69, 9.17) is 9.47 Å². The van der Waals surface area contributed by atoms with Crippen LogP contribution < -0.4 is 15.2 Å². The summed E-state index contributed by atoms with van der Waals surface area (Å²) in [6.07, 6.45) is 1.08. The number of methoxy groups -OCH3 is 1. The third-order valence-corrected chi connectivity index (χ3v) is 5.47. The predicted molar refractivity (Wildman–Crippen MR) is 109 cm³/mol. The maximum Gasteiger partial charge on any atom is 0.327 e. The molecule has 0 unspecified atom stereocenters. The van der Waals surface area contributed by atoms with Gasteiger partial charge in [-0.1, -0.05) is 6.07 Å². The first-order valence-electron chi connectivity index (χ1n) is 9.03. The van der Waals surface area contributed by atoms with Gasteiger partial charge in [0.05, 0.1) is 31.0 Å². The summed E-state index contributed by atoms with van der Waals surface area (Å²) in [5.74, 6) is -0.0992. The van der Waals surface area contributed by atoms with Crippen LogP contribution >= 0.6 is 0 Å². The van der Waals surface area contributed by atoms with E-state index in [0.29, 0.717) is 34.7 Å². The van der Waals surface area contributed by atoms with Gasteiger partial charge >= 0.3 is 5.69 Å². The highest BCUT2D eigenvalue weighted by molar-refractivity contribution is 7.90. The van der Waals surface area contributed by atoms with Gasteiger partial charge in [-0.2, -0.15) is 0 Å². The zero-order chi connectivity index (χ0) is 21.3. The Morgan fingerprint density at radius 3 is 2.55 bits per heavy atom. The minimum atomic E-state index is -3.51. The largest absolute Gasteiger partial charge is 0.493 e. The number of hydrogen-bond donors (Lipinski definition) is 1. The van der Waals surface area contributed by atoms with Gasteiger partial charge in [-0.15, -0.1) is 0 Å². The third-order valence-electron chi connectivity index (χ3n) is 4.55. The first kappa shape index (κ1) is 20.9. The van der Waals surface area contributed by atoms with Crippen LogP contribution in [0.2, 0.25) is 0 Å². The van der Waals surface area contributed by atoms with Crippen LogP contribution in [0.5, 0.6) is 11.5 Å². The lowest BCUT2D eigenvalue weighted by atomic mass is 10.1. The quantitative estimate of drug-likeness (QED) is 0.632. The van der Waals surface area contributed by atoms with Gasteiger partial charge in [-0.05, 0) is 49.2 Å². The number of sulfone groups is 1. The molecule has 29 heavy (non-hydrogen) atoms. The van der Waals surface area contributed by atoms with Gasteiger partial charge in [0.2, 0.25) is 0 Å². The average molecular weight is 422 g/mol. The van der Waals surface area contributed by atoms with E-state index < -0.39 is 27.4 Å². The van der Waals surface area contributed by atoms with Gasteiger partial charge in [0.15, 0.2) is 11.5 Å². The number of aromatic nitrogens is 2. The molecule has 3 rings (SSSR count). The second-order valence-electron chi connectivity index (χ2n) is 6.89. The number of H-pyrrole nitrogens is 1. The molecule has 2 aromatic carbocycles. The van der Waals surface area contributed by atoms with Crippen molar-refractivity contribution in [2.75, 3.05) is 25.7 Å². The summed E-state index contributed by atoms with van der Waals surface area (Å²) in [6.45, 7) is 3.89. The van der Waals surface area contributed by atoms with E-state index in [2.05, 4.69) is 4.98 Å². The average Bonchev–Trinajstić information content (AvgIpc) is 2.95. The van der Waals surface area contributed by atoms with E-state index in [1.807, 2.05) is 6.92 Å². The molecule has 9 heteroatoms. The van der Waals surface area contributed by atoms with Crippen LogP contribution in [0.3, 0.4) is 0 Å². The minimum Gasteiger partial charge on any atom is -0.493 e.